The summed E-state index contributed by atoms with van der Waals surface area (Å²) in [6.45, 7) is 0.427. The molecule has 1 aliphatic carbocycles. The first-order chi connectivity index (χ1) is 8.74. The fraction of sp³-hybridized carbons (Fsp3) is 0.286. The first-order valence-electron chi connectivity index (χ1n) is 6.02. The van der Waals surface area contributed by atoms with Gasteiger partial charge in [-0.1, -0.05) is 18.2 Å². The molecule has 2 aromatic rings. The van der Waals surface area contributed by atoms with Gasteiger partial charge in [0.25, 0.3) is 0 Å². The van der Waals surface area contributed by atoms with E-state index < -0.39 is 0 Å². The van der Waals surface area contributed by atoms with Gasteiger partial charge in [-0.25, -0.2) is 4.39 Å². The van der Waals surface area contributed by atoms with Crippen molar-refractivity contribution in [2.45, 2.75) is 25.8 Å². The van der Waals surface area contributed by atoms with Crippen LogP contribution in [0, 0.1) is 5.82 Å². The Kier molecular flexibility index (Phi) is 2.70. The molecule has 0 aliphatic heterocycles. The van der Waals surface area contributed by atoms with Crippen LogP contribution in [0.1, 0.15) is 23.2 Å². The van der Waals surface area contributed by atoms with E-state index in [4.69, 9.17) is 0 Å². The lowest BCUT2D eigenvalue weighted by Crippen LogP contribution is -2.16. The summed E-state index contributed by atoms with van der Waals surface area (Å²) in [5.74, 6) is 0.0431. The van der Waals surface area contributed by atoms with E-state index in [1.165, 1.54) is 6.07 Å². The molecule has 0 saturated carbocycles. The Labute approximate surface area is 104 Å². The molecule has 0 unspecified atom stereocenters. The highest BCUT2D eigenvalue weighted by atomic mass is 19.1. The van der Waals surface area contributed by atoms with Gasteiger partial charge in [0, 0.05) is 29.7 Å². The third kappa shape index (κ3) is 1.94. The average molecular weight is 244 g/mol. The normalized spacial score (nSPS) is 14.6. The van der Waals surface area contributed by atoms with E-state index in [2.05, 4.69) is 5.10 Å². The first kappa shape index (κ1) is 11.1. The van der Waals surface area contributed by atoms with Crippen LogP contribution in [0.2, 0.25) is 0 Å². The lowest BCUT2D eigenvalue weighted by Gasteiger charge is -2.13. The van der Waals surface area contributed by atoms with E-state index >= 15 is 0 Å². The third-order valence-electron chi connectivity index (χ3n) is 3.34. The zero-order valence-corrected chi connectivity index (χ0v) is 9.90. The molecule has 0 saturated heterocycles. The highest BCUT2D eigenvalue weighted by Gasteiger charge is 2.20. The Hall–Kier alpha value is -1.97. The second kappa shape index (κ2) is 4.37. The lowest BCUT2D eigenvalue weighted by atomic mass is 9.97. The number of hydrogen-bond acceptors (Lipinski definition) is 2. The number of nitrogens with zero attached hydrogens (tertiary/aromatic N) is 2. The van der Waals surface area contributed by atoms with Crippen LogP contribution in [-0.2, 0) is 24.2 Å². The molecule has 1 aromatic carbocycles. The molecular weight excluding hydrogens is 231 g/mol. The van der Waals surface area contributed by atoms with Crippen LogP contribution in [0.3, 0.4) is 0 Å². The topological polar surface area (TPSA) is 34.9 Å². The van der Waals surface area contributed by atoms with Crippen LogP contribution in [0.4, 0.5) is 4.39 Å². The van der Waals surface area contributed by atoms with Gasteiger partial charge in [0.2, 0.25) is 0 Å². The quantitative estimate of drug-likeness (QED) is 0.811. The highest BCUT2D eigenvalue weighted by Crippen LogP contribution is 2.20. The summed E-state index contributed by atoms with van der Waals surface area (Å²) < 4.78 is 15.4. The van der Waals surface area contributed by atoms with E-state index in [0.29, 0.717) is 31.4 Å². The number of fused-ring (bicyclic) bond motifs is 1. The second-order valence-electron chi connectivity index (χ2n) is 4.58. The maximum Gasteiger partial charge on any atom is 0.137 e. The molecule has 92 valence electrons. The number of Topliss-reactive ketones (excluding diaryl/α,β-unsaturated/α-hetero) is 1. The zero-order chi connectivity index (χ0) is 12.5. The number of ketones is 1. The number of rotatable bonds is 2. The van der Waals surface area contributed by atoms with Gasteiger partial charge >= 0.3 is 0 Å². The van der Waals surface area contributed by atoms with Crippen molar-refractivity contribution in [2.75, 3.05) is 0 Å². The van der Waals surface area contributed by atoms with E-state index in [-0.39, 0.29) is 11.6 Å². The van der Waals surface area contributed by atoms with Crippen LogP contribution in [0.25, 0.3) is 0 Å². The summed E-state index contributed by atoms with van der Waals surface area (Å²) in [6, 6.07) is 6.71. The maximum absolute atomic E-state index is 13.6. The van der Waals surface area contributed by atoms with E-state index in [0.717, 1.165) is 11.3 Å². The number of carbonyl (C=O) groups is 1. The molecule has 3 rings (SSSR count). The SMILES string of the molecule is O=C1CCc2c(cnn2Cc2ccccc2F)C1. The van der Waals surface area contributed by atoms with Crippen LogP contribution < -0.4 is 0 Å². The van der Waals surface area contributed by atoms with Crippen LogP contribution in [-0.4, -0.2) is 15.6 Å². The number of hydrogen-bond donors (Lipinski definition) is 0. The smallest absolute Gasteiger partial charge is 0.137 e. The van der Waals surface area contributed by atoms with Gasteiger partial charge in [-0.2, -0.15) is 5.10 Å². The van der Waals surface area contributed by atoms with Crippen molar-refractivity contribution >= 4 is 5.78 Å². The first-order valence-corrected chi connectivity index (χ1v) is 6.02. The molecule has 0 N–H and O–H groups in total. The van der Waals surface area contributed by atoms with Crippen LogP contribution in [0.5, 0.6) is 0 Å². The summed E-state index contributed by atoms with van der Waals surface area (Å²) in [4.78, 5) is 11.4. The van der Waals surface area contributed by atoms with Gasteiger partial charge in [-0.05, 0) is 12.5 Å². The summed E-state index contributed by atoms with van der Waals surface area (Å²) in [5, 5.41) is 4.27. The van der Waals surface area contributed by atoms with Crippen molar-refractivity contribution in [2.24, 2.45) is 0 Å². The monoisotopic (exact) mass is 244 g/mol. The van der Waals surface area contributed by atoms with Crippen molar-refractivity contribution < 1.29 is 9.18 Å². The standard InChI is InChI=1S/C14H13FN2O/c15-13-4-2-1-3-10(13)9-17-14-6-5-12(18)7-11(14)8-16-17/h1-4,8H,5-7,9H2. The van der Waals surface area contributed by atoms with Crippen LogP contribution in [0.15, 0.2) is 30.5 Å². The second-order valence-corrected chi connectivity index (χ2v) is 4.58. The molecule has 4 heteroatoms. The molecule has 3 nitrogen and oxygen atoms in total. The largest absolute Gasteiger partial charge is 0.299 e. The molecule has 0 fully saturated rings. The van der Waals surface area contributed by atoms with Crippen molar-refractivity contribution in [3.8, 4) is 0 Å². The maximum atomic E-state index is 13.6. The molecule has 1 aliphatic rings. The summed E-state index contributed by atoms with van der Waals surface area (Å²) >= 11 is 0. The minimum absolute atomic E-state index is 0.214. The van der Waals surface area contributed by atoms with Gasteiger partial charge in [-0.15, -0.1) is 0 Å². The van der Waals surface area contributed by atoms with Crippen molar-refractivity contribution in [3.05, 3.63) is 53.1 Å². The molecule has 1 aromatic heterocycles. The molecule has 1 heterocycles. The Morgan fingerprint density at radius 1 is 1.28 bits per heavy atom. The molecule has 0 amide bonds. The summed E-state index contributed by atoms with van der Waals surface area (Å²) in [5.41, 5.74) is 2.68. The number of aromatic nitrogens is 2. The van der Waals surface area contributed by atoms with Gasteiger partial charge in [-0.3, -0.25) is 9.48 Å². The fourth-order valence-corrected chi connectivity index (χ4v) is 2.37. The Morgan fingerprint density at radius 2 is 2.11 bits per heavy atom. The van der Waals surface area contributed by atoms with E-state index in [1.807, 2.05) is 6.07 Å². The van der Waals surface area contributed by atoms with Gasteiger partial charge in [0.05, 0.1) is 12.7 Å². The Balaban J connectivity index is 1.91. The van der Waals surface area contributed by atoms with Crippen molar-refractivity contribution in [3.63, 3.8) is 0 Å². The minimum atomic E-state index is -0.214. The predicted octanol–water partition coefficient (Wildman–Crippen LogP) is 2.13. The Bertz CT molecular complexity index is 604. The number of halogens is 1. The predicted molar refractivity (Wildman–Crippen MR) is 64.8 cm³/mol. The average Bonchev–Trinajstić information content (AvgIpc) is 2.74. The summed E-state index contributed by atoms with van der Waals surface area (Å²) in [7, 11) is 0. The van der Waals surface area contributed by atoms with Gasteiger partial charge in [0.1, 0.15) is 11.6 Å². The zero-order valence-electron chi connectivity index (χ0n) is 9.90. The minimum Gasteiger partial charge on any atom is -0.299 e. The van der Waals surface area contributed by atoms with Crippen LogP contribution >= 0.6 is 0 Å². The number of carbonyl (C=O) groups excluding carboxylic acids is 1. The number of benzene rings is 1. The fourth-order valence-electron chi connectivity index (χ4n) is 2.37. The molecular formula is C14H13FN2O. The van der Waals surface area contributed by atoms with Gasteiger partial charge < -0.3 is 0 Å². The third-order valence-corrected chi connectivity index (χ3v) is 3.34. The molecule has 0 atom stereocenters. The van der Waals surface area contributed by atoms with E-state index in [1.54, 1.807) is 23.0 Å². The highest BCUT2D eigenvalue weighted by molar-refractivity contribution is 5.82. The Morgan fingerprint density at radius 3 is 2.94 bits per heavy atom. The molecule has 0 spiro atoms. The van der Waals surface area contributed by atoms with Gasteiger partial charge in [0.15, 0.2) is 0 Å². The van der Waals surface area contributed by atoms with Crippen molar-refractivity contribution in [1.82, 2.24) is 9.78 Å². The molecule has 0 bridgehead atoms. The van der Waals surface area contributed by atoms with E-state index in [9.17, 15) is 9.18 Å². The lowest BCUT2D eigenvalue weighted by molar-refractivity contribution is -0.118. The molecule has 18 heavy (non-hydrogen) atoms. The summed E-state index contributed by atoms with van der Waals surface area (Å²) in [6.07, 6.45) is 3.47. The van der Waals surface area contributed by atoms with Crippen molar-refractivity contribution in [1.29, 1.82) is 0 Å². The molecule has 0 radical (unpaired) electrons.